The summed E-state index contributed by atoms with van der Waals surface area (Å²) in [6.45, 7) is 3.11. The Morgan fingerprint density at radius 1 is 1.10 bits per heavy atom. The standard InChI is InChI=1S/C18H19NO2/c1-2-21-17-11-8-16(9-12-17)14-19-18(20)13-10-15-6-4-3-5-7-15/h3-13H,2,14H2,1H3,(H,19,20)/b13-10+. The van der Waals surface area contributed by atoms with E-state index in [9.17, 15) is 4.79 Å². The lowest BCUT2D eigenvalue weighted by Gasteiger charge is -2.05. The molecule has 0 aliphatic rings. The third-order valence-electron chi connectivity index (χ3n) is 2.93. The quantitative estimate of drug-likeness (QED) is 0.824. The highest BCUT2D eigenvalue weighted by molar-refractivity contribution is 5.91. The normalized spacial score (nSPS) is 10.5. The summed E-state index contributed by atoms with van der Waals surface area (Å²) in [6.07, 6.45) is 3.34. The van der Waals surface area contributed by atoms with Crippen molar-refractivity contribution in [1.29, 1.82) is 0 Å². The summed E-state index contributed by atoms with van der Waals surface area (Å²) in [5.41, 5.74) is 2.05. The van der Waals surface area contributed by atoms with Gasteiger partial charge in [-0.25, -0.2) is 0 Å². The van der Waals surface area contributed by atoms with Crippen molar-refractivity contribution in [2.75, 3.05) is 6.61 Å². The topological polar surface area (TPSA) is 38.3 Å². The Hall–Kier alpha value is -2.55. The first-order valence-corrected chi connectivity index (χ1v) is 7.00. The van der Waals surface area contributed by atoms with Crippen LogP contribution >= 0.6 is 0 Å². The zero-order chi connectivity index (χ0) is 14.9. The summed E-state index contributed by atoms with van der Waals surface area (Å²) in [7, 11) is 0. The summed E-state index contributed by atoms with van der Waals surface area (Å²) < 4.78 is 5.38. The Morgan fingerprint density at radius 3 is 2.48 bits per heavy atom. The van der Waals surface area contributed by atoms with Crippen LogP contribution in [-0.4, -0.2) is 12.5 Å². The van der Waals surface area contributed by atoms with E-state index in [1.165, 1.54) is 0 Å². The number of ether oxygens (including phenoxy) is 1. The zero-order valence-corrected chi connectivity index (χ0v) is 12.1. The van der Waals surface area contributed by atoms with E-state index >= 15 is 0 Å². The summed E-state index contributed by atoms with van der Waals surface area (Å²) in [5.74, 6) is 0.740. The Morgan fingerprint density at radius 2 is 1.81 bits per heavy atom. The number of carbonyl (C=O) groups excluding carboxylic acids is 1. The van der Waals surface area contributed by atoms with Crippen LogP contribution in [0, 0.1) is 0 Å². The molecule has 1 N–H and O–H groups in total. The molecule has 0 aromatic heterocycles. The van der Waals surface area contributed by atoms with Crippen LogP contribution in [0.1, 0.15) is 18.1 Å². The average Bonchev–Trinajstić information content (AvgIpc) is 2.53. The summed E-state index contributed by atoms with van der Waals surface area (Å²) in [5, 5.41) is 2.85. The third-order valence-corrected chi connectivity index (χ3v) is 2.93. The molecule has 0 fully saturated rings. The Kier molecular flexibility index (Phi) is 5.59. The first-order chi connectivity index (χ1) is 10.3. The van der Waals surface area contributed by atoms with Crippen molar-refractivity contribution in [2.24, 2.45) is 0 Å². The molecule has 0 atom stereocenters. The fraction of sp³-hybridized carbons (Fsp3) is 0.167. The van der Waals surface area contributed by atoms with E-state index in [1.54, 1.807) is 12.2 Å². The first-order valence-electron chi connectivity index (χ1n) is 7.00. The van der Waals surface area contributed by atoms with Gasteiger partial charge in [0.25, 0.3) is 0 Å². The van der Waals surface area contributed by atoms with Crippen molar-refractivity contribution in [3.8, 4) is 5.75 Å². The van der Waals surface area contributed by atoms with Crippen molar-refractivity contribution < 1.29 is 9.53 Å². The molecule has 0 bridgehead atoms. The van der Waals surface area contributed by atoms with Crippen LogP contribution in [0.15, 0.2) is 60.7 Å². The van der Waals surface area contributed by atoms with Gasteiger partial charge in [0, 0.05) is 12.6 Å². The van der Waals surface area contributed by atoms with Crippen LogP contribution in [0.5, 0.6) is 5.75 Å². The molecule has 21 heavy (non-hydrogen) atoms. The monoisotopic (exact) mass is 281 g/mol. The molecule has 0 aliphatic carbocycles. The molecule has 3 heteroatoms. The van der Waals surface area contributed by atoms with Crippen LogP contribution in [0.2, 0.25) is 0 Å². The van der Waals surface area contributed by atoms with Crippen molar-refractivity contribution in [1.82, 2.24) is 5.32 Å². The lowest BCUT2D eigenvalue weighted by molar-refractivity contribution is -0.116. The molecule has 2 aromatic rings. The SMILES string of the molecule is CCOc1ccc(CNC(=O)/C=C/c2ccccc2)cc1. The van der Waals surface area contributed by atoms with E-state index in [0.717, 1.165) is 16.9 Å². The van der Waals surface area contributed by atoms with Crippen LogP contribution in [0.25, 0.3) is 6.08 Å². The second-order valence-electron chi connectivity index (χ2n) is 4.54. The lowest BCUT2D eigenvalue weighted by Crippen LogP contribution is -2.20. The van der Waals surface area contributed by atoms with Gasteiger partial charge in [-0.2, -0.15) is 0 Å². The Bertz CT molecular complexity index is 588. The molecular weight excluding hydrogens is 262 g/mol. The number of hydrogen-bond acceptors (Lipinski definition) is 2. The van der Waals surface area contributed by atoms with Gasteiger partial charge in [0.05, 0.1) is 6.61 Å². The first kappa shape index (κ1) is 14.9. The summed E-state index contributed by atoms with van der Waals surface area (Å²) >= 11 is 0. The van der Waals surface area contributed by atoms with Crippen LogP contribution in [0.4, 0.5) is 0 Å². The van der Waals surface area contributed by atoms with Gasteiger partial charge >= 0.3 is 0 Å². The molecule has 3 nitrogen and oxygen atoms in total. The predicted octanol–water partition coefficient (Wildman–Crippen LogP) is 3.41. The third kappa shape index (κ3) is 5.15. The van der Waals surface area contributed by atoms with Gasteiger partial charge in [-0.3, -0.25) is 4.79 Å². The van der Waals surface area contributed by atoms with Crippen molar-refractivity contribution in [3.63, 3.8) is 0 Å². The Labute approximate surface area is 125 Å². The van der Waals surface area contributed by atoms with Gasteiger partial charge in [0.2, 0.25) is 5.91 Å². The maximum absolute atomic E-state index is 11.7. The largest absolute Gasteiger partial charge is 0.494 e. The van der Waals surface area contributed by atoms with E-state index in [0.29, 0.717) is 13.2 Å². The lowest BCUT2D eigenvalue weighted by atomic mass is 10.2. The average molecular weight is 281 g/mol. The van der Waals surface area contributed by atoms with E-state index in [1.807, 2.05) is 61.5 Å². The van der Waals surface area contributed by atoms with Gasteiger partial charge in [-0.05, 0) is 36.3 Å². The highest BCUT2D eigenvalue weighted by Crippen LogP contribution is 2.11. The van der Waals surface area contributed by atoms with E-state index in [-0.39, 0.29) is 5.91 Å². The highest BCUT2D eigenvalue weighted by Gasteiger charge is 1.98. The molecule has 2 aromatic carbocycles. The van der Waals surface area contributed by atoms with Gasteiger partial charge in [-0.1, -0.05) is 42.5 Å². The molecule has 0 unspecified atom stereocenters. The van der Waals surface area contributed by atoms with E-state index in [2.05, 4.69) is 5.32 Å². The second-order valence-corrected chi connectivity index (χ2v) is 4.54. The van der Waals surface area contributed by atoms with Gasteiger partial charge in [0.1, 0.15) is 5.75 Å². The maximum atomic E-state index is 11.7. The number of nitrogens with one attached hydrogen (secondary N) is 1. The minimum atomic E-state index is -0.104. The van der Waals surface area contributed by atoms with E-state index < -0.39 is 0 Å². The molecule has 0 aliphatic heterocycles. The molecule has 1 amide bonds. The molecule has 2 rings (SSSR count). The number of rotatable bonds is 6. The minimum Gasteiger partial charge on any atom is -0.494 e. The molecule has 0 saturated carbocycles. The van der Waals surface area contributed by atoms with Crippen molar-refractivity contribution in [2.45, 2.75) is 13.5 Å². The van der Waals surface area contributed by atoms with E-state index in [4.69, 9.17) is 4.74 Å². The fourth-order valence-electron chi connectivity index (χ4n) is 1.85. The second kappa shape index (κ2) is 7.90. The Balaban J connectivity index is 1.82. The zero-order valence-electron chi connectivity index (χ0n) is 12.1. The number of benzene rings is 2. The van der Waals surface area contributed by atoms with Crippen molar-refractivity contribution in [3.05, 3.63) is 71.8 Å². The number of hydrogen-bond donors (Lipinski definition) is 1. The van der Waals surface area contributed by atoms with Crippen LogP contribution < -0.4 is 10.1 Å². The van der Waals surface area contributed by atoms with Crippen LogP contribution in [0.3, 0.4) is 0 Å². The van der Waals surface area contributed by atoms with Crippen LogP contribution in [-0.2, 0) is 11.3 Å². The molecular formula is C18H19NO2. The van der Waals surface area contributed by atoms with Gasteiger partial charge in [-0.15, -0.1) is 0 Å². The maximum Gasteiger partial charge on any atom is 0.244 e. The molecule has 0 heterocycles. The molecule has 0 spiro atoms. The smallest absolute Gasteiger partial charge is 0.244 e. The van der Waals surface area contributed by atoms with Gasteiger partial charge < -0.3 is 10.1 Å². The summed E-state index contributed by atoms with van der Waals surface area (Å²) in [4.78, 5) is 11.7. The highest BCUT2D eigenvalue weighted by atomic mass is 16.5. The predicted molar refractivity (Wildman–Crippen MR) is 84.9 cm³/mol. The fourth-order valence-corrected chi connectivity index (χ4v) is 1.85. The van der Waals surface area contributed by atoms with Gasteiger partial charge in [0.15, 0.2) is 0 Å². The number of amides is 1. The molecule has 0 radical (unpaired) electrons. The molecule has 108 valence electrons. The number of carbonyl (C=O) groups is 1. The van der Waals surface area contributed by atoms with Crippen molar-refractivity contribution >= 4 is 12.0 Å². The summed E-state index contributed by atoms with van der Waals surface area (Å²) in [6, 6.07) is 17.5. The molecule has 0 saturated heterocycles. The minimum absolute atomic E-state index is 0.104.